The third-order valence-electron chi connectivity index (χ3n) is 6.26. The zero-order chi connectivity index (χ0) is 17.9. The van der Waals surface area contributed by atoms with Gasteiger partial charge in [0.1, 0.15) is 30.0 Å². The molecule has 8 nitrogen and oxygen atoms in total. The highest BCUT2D eigenvalue weighted by Crippen LogP contribution is 2.71. The van der Waals surface area contributed by atoms with Gasteiger partial charge in [-0.15, -0.1) is 0 Å². The minimum absolute atomic E-state index is 0.143. The summed E-state index contributed by atoms with van der Waals surface area (Å²) in [5, 5.41) is 49.1. The van der Waals surface area contributed by atoms with Crippen molar-refractivity contribution < 1.29 is 40.0 Å². The predicted octanol–water partition coefficient (Wildman–Crippen LogP) is -1.08. The number of rotatable bonds is 5. The Morgan fingerprint density at radius 1 is 1.08 bits per heavy atom. The van der Waals surface area contributed by atoms with Crippen LogP contribution in [-0.4, -0.2) is 74.6 Å². The lowest BCUT2D eigenvalue weighted by Crippen LogP contribution is -2.59. The molecule has 1 heterocycles. The van der Waals surface area contributed by atoms with E-state index >= 15 is 0 Å². The fourth-order valence-corrected chi connectivity index (χ4v) is 4.58. The molecule has 140 valence electrons. The van der Waals surface area contributed by atoms with Gasteiger partial charge in [-0.25, -0.2) is 9.78 Å². The third kappa shape index (κ3) is 2.60. The average molecular weight is 348 g/mol. The Balaban J connectivity index is 1.64. The Hall–Kier alpha value is -0.320. The molecule has 9 atom stereocenters. The van der Waals surface area contributed by atoms with Crippen molar-refractivity contribution in [3.63, 3.8) is 0 Å². The highest BCUT2D eigenvalue weighted by atomic mass is 17.2. The first-order valence-corrected chi connectivity index (χ1v) is 8.50. The van der Waals surface area contributed by atoms with Gasteiger partial charge in [-0.3, -0.25) is 0 Å². The molecule has 8 heteroatoms. The van der Waals surface area contributed by atoms with Gasteiger partial charge in [0, 0.05) is 11.8 Å². The molecule has 0 spiro atoms. The van der Waals surface area contributed by atoms with Crippen LogP contribution in [0.5, 0.6) is 0 Å². The van der Waals surface area contributed by atoms with E-state index in [0.717, 1.165) is 6.42 Å². The molecule has 5 N–H and O–H groups in total. The van der Waals surface area contributed by atoms with Gasteiger partial charge >= 0.3 is 0 Å². The number of hydrogen-bond acceptors (Lipinski definition) is 8. The van der Waals surface area contributed by atoms with Crippen LogP contribution in [0.1, 0.15) is 33.6 Å². The van der Waals surface area contributed by atoms with E-state index in [-0.39, 0.29) is 11.3 Å². The topological polar surface area (TPSA) is 129 Å². The summed E-state index contributed by atoms with van der Waals surface area (Å²) in [7, 11) is 0. The molecule has 2 unspecified atom stereocenters. The molecular formula is C16H28O8. The van der Waals surface area contributed by atoms with Crippen molar-refractivity contribution in [2.45, 2.75) is 76.0 Å². The highest BCUT2D eigenvalue weighted by molar-refractivity contribution is 5.21. The molecule has 0 aromatic carbocycles. The quantitative estimate of drug-likeness (QED) is 0.313. The number of ether oxygens (including phenoxy) is 1. The summed E-state index contributed by atoms with van der Waals surface area (Å²) < 4.78 is 5.26. The van der Waals surface area contributed by atoms with Gasteiger partial charge in [-0.05, 0) is 25.2 Å². The van der Waals surface area contributed by atoms with Crippen molar-refractivity contribution in [3.05, 3.63) is 0 Å². The summed E-state index contributed by atoms with van der Waals surface area (Å²) in [6.45, 7) is 5.47. The van der Waals surface area contributed by atoms with E-state index in [4.69, 9.17) is 14.5 Å². The number of fused-ring (bicyclic) bond motifs is 1. The van der Waals surface area contributed by atoms with E-state index in [9.17, 15) is 25.5 Å². The first kappa shape index (κ1) is 18.5. The maximum absolute atomic E-state index is 10.4. The van der Waals surface area contributed by atoms with E-state index < -0.39 is 49.0 Å². The van der Waals surface area contributed by atoms with E-state index in [0.29, 0.717) is 12.3 Å². The Morgan fingerprint density at radius 3 is 2.25 bits per heavy atom. The fraction of sp³-hybridized carbons (Fsp3) is 1.00. The van der Waals surface area contributed by atoms with Crippen molar-refractivity contribution in [1.82, 2.24) is 0 Å². The summed E-state index contributed by atoms with van der Waals surface area (Å²) in [5.74, 6) is 0.458. The van der Waals surface area contributed by atoms with Gasteiger partial charge in [-0.1, -0.05) is 13.8 Å². The summed E-state index contributed by atoms with van der Waals surface area (Å²) in [6.07, 6.45) is -6.06. The van der Waals surface area contributed by atoms with E-state index in [2.05, 4.69) is 13.8 Å². The van der Waals surface area contributed by atoms with Crippen LogP contribution in [0.25, 0.3) is 0 Å². The lowest BCUT2D eigenvalue weighted by atomic mass is 9.88. The maximum atomic E-state index is 10.4. The molecule has 2 saturated carbocycles. The zero-order valence-electron chi connectivity index (χ0n) is 14.2. The summed E-state index contributed by atoms with van der Waals surface area (Å²) in [4.78, 5) is 10.8. The number of aliphatic hydroxyl groups is 5. The highest BCUT2D eigenvalue weighted by Gasteiger charge is 2.73. The van der Waals surface area contributed by atoms with Crippen LogP contribution in [0.2, 0.25) is 0 Å². The van der Waals surface area contributed by atoms with E-state index in [1.807, 2.05) is 6.92 Å². The van der Waals surface area contributed by atoms with Crippen molar-refractivity contribution in [2.75, 3.05) is 6.61 Å². The standard InChI is InChI=1S/C16H28O8/c1-7(2)16-4-9(16)15(3,5-10(16)18)24-23-14-13(21)12(20)11(19)8(6-17)22-14/h7-14,17-21H,4-6H2,1-3H3/t8-,9?,10+,11-,12+,13-,14+,15+,16?/m1/s1. The monoisotopic (exact) mass is 348 g/mol. The molecule has 0 bridgehead atoms. The van der Waals surface area contributed by atoms with Crippen LogP contribution in [0.15, 0.2) is 0 Å². The smallest absolute Gasteiger partial charge is 0.220 e. The van der Waals surface area contributed by atoms with Crippen molar-refractivity contribution >= 4 is 0 Å². The van der Waals surface area contributed by atoms with E-state index in [1.54, 1.807) is 0 Å². The Kier molecular flexibility index (Phi) is 4.72. The van der Waals surface area contributed by atoms with Crippen molar-refractivity contribution in [2.24, 2.45) is 17.3 Å². The first-order chi connectivity index (χ1) is 11.2. The van der Waals surface area contributed by atoms with Crippen LogP contribution < -0.4 is 0 Å². The van der Waals surface area contributed by atoms with Gasteiger partial charge in [-0.2, -0.15) is 0 Å². The largest absolute Gasteiger partial charge is 0.394 e. The molecule has 3 aliphatic rings. The van der Waals surface area contributed by atoms with Crippen LogP contribution in [0.3, 0.4) is 0 Å². The molecule has 0 aromatic heterocycles. The number of aliphatic hydroxyl groups excluding tert-OH is 5. The van der Waals surface area contributed by atoms with Gasteiger partial charge in [0.15, 0.2) is 0 Å². The Labute approximate surface area is 140 Å². The third-order valence-corrected chi connectivity index (χ3v) is 6.26. The minimum atomic E-state index is -1.51. The van der Waals surface area contributed by atoms with Crippen LogP contribution >= 0.6 is 0 Å². The van der Waals surface area contributed by atoms with Crippen molar-refractivity contribution in [1.29, 1.82) is 0 Å². The fourth-order valence-electron chi connectivity index (χ4n) is 4.58. The number of hydrogen-bond donors (Lipinski definition) is 5. The second kappa shape index (κ2) is 6.14. The minimum Gasteiger partial charge on any atom is -0.394 e. The summed E-state index contributed by atoms with van der Waals surface area (Å²) in [5.41, 5.74) is -0.879. The van der Waals surface area contributed by atoms with Gasteiger partial charge < -0.3 is 30.3 Å². The first-order valence-electron chi connectivity index (χ1n) is 8.50. The molecule has 24 heavy (non-hydrogen) atoms. The van der Waals surface area contributed by atoms with Gasteiger partial charge in [0.25, 0.3) is 0 Å². The maximum Gasteiger partial charge on any atom is 0.220 e. The second-order valence-electron chi connectivity index (χ2n) is 7.93. The lowest BCUT2D eigenvalue weighted by molar-refractivity contribution is -0.459. The van der Waals surface area contributed by atoms with Gasteiger partial charge in [0.05, 0.1) is 12.7 Å². The lowest BCUT2D eigenvalue weighted by Gasteiger charge is -2.40. The van der Waals surface area contributed by atoms with Crippen LogP contribution in [0, 0.1) is 17.3 Å². The van der Waals surface area contributed by atoms with Gasteiger partial charge in [0.2, 0.25) is 6.29 Å². The molecule has 0 amide bonds. The SMILES string of the molecule is CC(C)C12CC1[C@@](C)(OO[C@@H]1O[C@H](CO)[C@@H](O)[C@H](O)[C@H]1O)C[C@@H]2O. The molecule has 2 aliphatic carbocycles. The second-order valence-corrected chi connectivity index (χ2v) is 7.93. The molecule has 0 radical (unpaired) electrons. The molecular weight excluding hydrogens is 320 g/mol. The van der Waals surface area contributed by atoms with Crippen molar-refractivity contribution in [3.8, 4) is 0 Å². The summed E-state index contributed by atoms with van der Waals surface area (Å²) in [6, 6.07) is 0. The summed E-state index contributed by atoms with van der Waals surface area (Å²) >= 11 is 0. The Morgan fingerprint density at radius 2 is 1.75 bits per heavy atom. The normalized spacial score (nSPS) is 54.1. The molecule has 1 saturated heterocycles. The molecule has 0 aromatic rings. The zero-order valence-corrected chi connectivity index (χ0v) is 14.2. The molecule has 3 rings (SSSR count). The Bertz CT molecular complexity index is 471. The molecule has 3 fully saturated rings. The van der Waals surface area contributed by atoms with Crippen LogP contribution in [-0.2, 0) is 14.5 Å². The van der Waals surface area contributed by atoms with E-state index in [1.165, 1.54) is 0 Å². The predicted molar refractivity (Wildman–Crippen MR) is 80.3 cm³/mol. The molecule has 1 aliphatic heterocycles. The van der Waals surface area contributed by atoms with Crippen LogP contribution in [0.4, 0.5) is 0 Å². The average Bonchev–Trinajstić information content (AvgIpc) is 3.26.